The SMILES string of the molecule is COC(=O)C(C)NC(=O)CCc1ccc(Cl)cc1Cl. The number of amides is 1. The zero-order valence-electron chi connectivity index (χ0n) is 10.7. The maximum Gasteiger partial charge on any atom is 0.328 e. The molecule has 4 nitrogen and oxygen atoms in total. The Morgan fingerprint density at radius 3 is 2.63 bits per heavy atom. The molecule has 0 aliphatic rings. The van der Waals surface area contributed by atoms with Crippen molar-refractivity contribution in [1.82, 2.24) is 5.32 Å². The lowest BCUT2D eigenvalue weighted by molar-refractivity contribution is -0.144. The zero-order chi connectivity index (χ0) is 14.4. The summed E-state index contributed by atoms with van der Waals surface area (Å²) in [6.07, 6.45) is 0.721. The lowest BCUT2D eigenvalue weighted by atomic mass is 10.1. The molecule has 0 heterocycles. The Morgan fingerprint density at radius 1 is 1.37 bits per heavy atom. The molecule has 0 saturated carbocycles. The minimum Gasteiger partial charge on any atom is -0.467 e. The van der Waals surface area contributed by atoms with E-state index >= 15 is 0 Å². The van der Waals surface area contributed by atoms with Crippen LogP contribution in [0.4, 0.5) is 0 Å². The topological polar surface area (TPSA) is 55.4 Å². The van der Waals surface area contributed by atoms with Crippen molar-refractivity contribution in [3.8, 4) is 0 Å². The first kappa shape index (κ1) is 15.8. The van der Waals surface area contributed by atoms with Crippen LogP contribution in [0.3, 0.4) is 0 Å². The number of carbonyl (C=O) groups excluding carboxylic acids is 2. The first-order valence-corrected chi connectivity index (χ1v) is 6.50. The van der Waals surface area contributed by atoms with Crippen molar-refractivity contribution in [2.45, 2.75) is 25.8 Å². The van der Waals surface area contributed by atoms with Gasteiger partial charge in [0.15, 0.2) is 0 Å². The number of methoxy groups -OCH3 is 1. The molecule has 1 aromatic carbocycles. The van der Waals surface area contributed by atoms with Gasteiger partial charge in [0.25, 0.3) is 0 Å². The van der Waals surface area contributed by atoms with Crippen LogP contribution in [0.2, 0.25) is 10.0 Å². The number of rotatable bonds is 5. The highest BCUT2D eigenvalue weighted by Gasteiger charge is 2.15. The van der Waals surface area contributed by atoms with E-state index in [1.807, 2.05) is 0 Å². The standard InChI is InChI=1S/C13H15Cl2NO3/c1-8(13(18)19-2)16-12(17)6-4-9-3-5-10(14)7-11(9)15/h3,5,7-8H,4,6H2,1-2H3,(H,16,17). The van der Waals surface area contributed by atoms with Crippen LogP contribution in [0.1, 0.15) is 18.9 Å². The number of hydrogen-bond donors (Lipinski definition) is 1. The van der Waals surface area contributed by atoms with Crippen molar-refractivity contribution in [3.63, 3.8) is 0 Å². The summed E-state index contributed by atoms with van der Waals surface area (Å²) in [4.78, 5) is 22.8. The number of esters is 1. The molecule has 0 aliphatic heterocycles. The fourth-order valence-corrected chi connectivity index (χ4v) is 2.02. The molecule has 19 heavy (non-hydrogen) atoms. The molecule has 1 atom stereocenters. The minimum atomic E-state index is -0.654. The monoisotopic (exact) mass is 303 g/mol. The lowest BCUT2D eigenvalue weighted by Gasteiger charge is -2.11. The van der Waals surface area contributed by atoms with E-state index in [2.05, 4.69) is 10.1 Å². The van der Waals surface area contributed by atoms with Crippen LogP contribution in [-0.4, -0.2) is 25.0 Å². The Balaban J connectivity index is 2.48. The van der Waals surface area contributed by atoms with Crippen LogP contribution < -0.4 is 5.32 Å². The van der Waals surface area contributed by atoms with Crippen molar-refractivity contribution < 1.29 is 14.3 Å². The fourth-order valence-electron chi connectivity index (χ4n) is 1.52. The number of benzene rings is 1. The zero-order valence-corrected chi connectivity index (χ0v) is 12.2. The van der Waals surface area contributed by atoms with E-state index in [0.29, 0.717) is 16.5 Å². The van der Waals surface area contributed by atoms with Crippen molar-refractivity contribution in [3.05, 3.63) is 33.8 Å². The van der Waals surface area contributed by atoms with Crippen LogP contribution in [0, 0.1) is 0 Å². The maximum atomic E-state index is 11.6. The molecule has 1 aromatic rings. The molecule has 0 aliphatic carbocycles. The Bertz CT molecular complexity index is 477. The van der Waals surface area contributed by atoms with Crippen LogP contribution in [0.5, 0.6) is 0 Å². The van der Waals surface area contributed by atoms with Gasteiger partial charge in [0, 0.05) is 16.5 Å². The van der Waals surface area contributed by atoms with Gasteiger partial charge in [-0.1, -0.05) is 29.3 Å². The number of halogens is 2. The molecule has 104 valence electrons. The molecular weight excluding hydrogens is 289 g/mol. The van der Waals surface area contributed by atoms with Gasteiger partial charge in [-0.3, -0.25) is 4.79 Å². The van der Waals surface area contributed by atoms with Gasteiger partial charge in [-0.2, -0.15) is 0 Å². The van der Waals surface area contributed by atoms with Crippen molar-refractivity contribution in [1.29, 1.82) is 0 Å². The molecule has 0 aromatic heterocycles. The normalized spacial score (nSPS) is 11.8. The largest absolute Gasteiger partial charge is 0.467 e. The highest BCUT2D eigenvalue weighted by molar-refractivity contribution is 6.35. The van der Waals surface area contributed by atoms with E-state index < -0.39 is 12.0 Å². The number of carbonyl (C=O) groups is 2. The van der Waals surface area contributed by atoms with E-state index in [0.717, 1.165) is 5.56 Å². The highest BCUT2D eigenvalue weighted by atomic mass is 35.5. The van der Waals surface area contributed by atoms with Crippen LogP contribution in [-0.2, 0) is 20.7 Å². The summed E-state index contributed by atoms with van der Waals surface area (Å²) in [7, 11) is 1.28. The summed E-state index contributed by atoms with van der Waals surface area (Å²) >= 11 is 11.8. The molecule has 1 N–H and O–H groups in total. The summed E-state index contributed by atoms with van der Waals surface area (Å²) in [5.74, 6) is -0.707. The van der Waals surface area contributed by atoms with Gasteiger partial charge in [0.2, 0.25) is 5.91 Å². The van der Waals surface area contributed by atoms with Crippen LogP contribution in [0.25, 0.3) is 0 Å². The second-order valence-electron chi connectivity index (χ2n) is 4.05. The molecule has 0 spiro atoms. The summed E-state index contributed by atoms with van der Waals surface area (Å²) in [6.45, 7) is 1.57. The Kier molecular flexibility index (Phi) is 6.12. The summed E-state index contributed by atoms with van der Waals surface area (Å²) < 4.78 is 4.52. The molecule has 1 rings (SSSR count). The summed E-state index contributed by atoms with van der Waals surface area (Å²) in [5.41, 5.74) is 0.840. The van der Waals surface area contributed by atoms with E-state index in [9.17, 15) is 9.59 Å². The smallest absolute Gasteiger partial charge is 0.328 e. The van der Waals surface area contributed by atoms with Gasteiger partial charge in [0.1, 0.15) is 6.04 Å². The third-order valence-corrected chi connectivity index (χ3v) is 3.16. The Labute approximate surface area is 122 Å². The molecule has 0 bridgehead atoms. The maximum absolute atomic E-state index is 11.6. The van der Waals surface area contributed by atoms with Gasteiger partial charge in [-0.05, 0) is 31.0 Å². The third kappa shape index (κ3) is 5.09. The van der Waals surface area contributed by atoms with Gasteiger partial charge in [-0.15, -0.1) is 0 Å². The first-order chi connectivity index (χ1) is 8.93. The molecule has 1 unspecified atom stereocenters. The van der Waals surface area contributed by atoms with E-state index in [1.165, 1.54) is 7.11 Å². The predicted octanol–water partition coefficient (Wildman–Crippen LogP) is 2.60. The Hall–Kier alpha value is -1.26. The van der Waals surface area contributed by atoms with Crippen LogP contribution in [0.15, 0.2) is 18.2 Å². The van der Waals surface area contributed by atoms with Crippen LogP contribution >= 0.6 is 23.2 Å². The van der Waals surface area contributed by atoms with E-state index in [4.69, 9.17) is 23.2 Å². The number of aryl methyl sites for hydroxylation is 1. The molecular formula is C13H15Cl2NO3. The Morgan fingerprint density at radius 2 is 2.05 bits per heavy atom. The second kappa shape index (κ2) is 7.36. The molecule has 0 fully saturated rings. The highest BCUT2D eigenvalue weighted by Crippen LogP contribution is 2.21. The van der Waals surface area contributed by atoms with Crippen molar-refractivity contribution in [2.75, 3.05) is 7.11 Å². The van der Waals surface area contributed by atoms with Gasteiger partial charge in [-0.25, -0.2) is 4.79 Å². The molecule has 0 radical (unpaired) electrons. The third-order valence-electron chi connectivity index (χ3n) is 2.57. The van der Waals surface area contributed by atoms with Crippen molar-refractivity contribution >= 4 is 35.1 Å². The number of nitrogens with one attached hydrogen (secondary N) is 1. The molecule has 6 heteroatoms. The first-order valence-electron chi connectivity index (χ1n) is 5.75. The van der Waals surface area contributed by atoms with Crippen molar-refractivity contribution in [2.24, 2.45) is 0 Å². The number of hydrogen-bond acceptors (Lipinski definition) is 3. The summed E-state index contributed by atoms with van der Waals surface area (Å²) in [5, 5.41) is 3.63. The average Bonchev–Trinajstić information content (AvgIpc) is 2.36. The van der Waals surface area contributed by atoms with E-state index in [1.54, 1.807) is 25.1 Å². The second-order valence-corrected chi connectivity index (χ2v) is 4.89. The minimum absolute atomic E-state index is 0.232. The van der Waals surface area contributed by atoms with Gasteiger partial charge >= 0.3 is 5.97 Å². The summed E-state index contributed by atoms with van der Waals surface area (Å²) in [6, 6.07) is 4.48. The predicted molar refractivity (Wildman–Crippen MR) is 74.4 cm³/mol. The van der Waals surface area contributed by atoms with E-state index in [-0.39, 0.29) is 12.3 Å². The van der Waals surface area contributed by atoms with Gasteiger partial charge < -0.3 is 10.1 Å². The number of ether oxygens (including phenoxy) is 1. The average molecular weight is 304 g/mol. The fraction of sp³-hybridized carbons (Fsp3) is 0.385. The van der Waals surface area contributed by atoms with Gasteiger partial charge in [0.05, 0.1) is 7.11 Å². The lowest BCUT2D eigenvalue weighted by Crippen LogP contribution is -2.39. The molecule has 0 saturated heterocycles. The quantitative estimate of drug-likeness (QED) is 0.851. The molecule has 1 amide bonds.